The highest BCUT2D eigenvalue weighted by Crippen LogP contribution is 2.29. The minimum atomic E-state index is -0.00299. The van der Waals surface area contributed by atoms with Gasteiger partial charge in [-0.2, -0.15) is 0 Å². The number of hydrogen-bond donors (Lipinski definition) is 0. The van der Waals surface area contributed by atoms with E-state index in [9.17, 15) is 4.79 Å². The Morgan fingerprint density at radius 1 is 1.43 bits per heavy atom. The van der Waals surface area contributed by atoms with Gasteiger partial charge in [-0.15, -0.1) is 0 Å². The molecule has 21 heavy (non-hydrogen) atoms. The Balaban J connectivity index is 2.25. The van der Waals surface area contributed by atoms with Crippen molar-refractivity contribution in [3.8, 4) is 0 Å². The van der Waals surface area contributed by atoms with Crippen molar-refractivity contribution in [2.24, 2.45) is 5.92 Å². The van der Waals surface area contributed by atoms with Gasteiger partial charge in [-0.3, -0.25) is 4.79 Å². The van der Waals surface area contributed by atoms with Crippen LogP contribution in [0.25, 0.3) is 6.08 Å². The molecule has 1 heterocycles. The smallest absolute Gasteiger partial charge is 0.248 e. The fourth-order valence-corrected chi connectivity index (χ4v) is 2.97. The molecular weight excluding hydrogens is 286 g/mol. The molecule has 1 aliphatic rings. The zero-order valence-electron chi connectivity index (χ0n) is 12.9. The van der Waals surface area contributed by atoms with Crippen molar-refractivity contribution >= 4 is 23.6 Å². The molecule has 0 spiro atoms. The van der Waals surface area contributed by atoms with Gasteiger partial charge in [0.1, 0.15) is 0 Å². The first kappa shape index (κ1) is 16.0. The van der Waals surface area contributed by atoms with Crippen molar-refractivity contribution in [1.82, 2.24) is 14.9 Å². The van der Waals surface area contributed by atoms with Gasteiger partial charge in [0.2, 0.25) is 11.2 Å². The molecule has 0 radical (unpaired) electrons. The standard InChI is InChI=1S/C16H22ClN3O/c1-11(15(21)20(2)3)8-13-10-18-16(17)19-14(13)9-12-6-4-5-7-12/h8,10,12H,4-7,9H2,1-3H3/b11-8+. The molecule has 1 saturated carbocycles. The zero-order valence-corrected chi connectivity index (χ0v) is 13.7. The number of nitrogens with zero attached hydrogens (tertiary/aromatic N) is 3. The SMILES string of the molecule is C/C(=C\c1cnc(Cl)nc1CC1CCCC1)C(=O)N(C)C. The highest BCUT2D eigenvalue weighted by molar-refractivity contribution is 6.28. The Morgan fingerprint density at radius 2 is 2.10 bits per heavy atom. The topological polar surface area (TPSA) is 46.1 Å². The molecule has 114 valence electrons. The fraction of sp³-hybridized carbons (Fsp3) is 0.562. The van der Waals surface area contributed by atoms with Crippen LogP contribution in [0.15, 0.2) is 11.8 Å². The summed E-state index contributed by atoms with van der Waals surface area (Å²) < 4.78 is 0. The van der Waals surface area contributed by atoms with Gasteiger partial charge in [-0.25, -0.2) is 9.97 Å². The van der Waals surface area contributed by atoms with E-state index in [0.717, 1.165) is 17.7 Å². The van der Waals surface area contributed by atoms with E-state index in [1.54, 1.807) is 25.2 Å². The summed E-state index contributed by atoms with van der Waals surface area (Å²) in [5, 5.41) is 0.275. The van der Waals surface area contributed by atoms with Gasteiger partial charge in [0.05, 0.1) is 5.69 Å². The maximum Gasteiger partial charge on any atom is 0.248 e. The summed E-state index contributed by atoms with van der Waals surface area (Å²) in [6, 6.07) is 0. The van der Waals surface area contributed by atoms with Crippen molar-refractivity contribution in [2.75, 3.05) is 14.1 Å². The number of rotatable bonds is 4. The van der Waals surface area contributed by atoms with Crippen LogP contribution >= 0.6 is 11.6 Å². The molecule has 0 aromatic carbocycles. The van der Waals surface area contributed by atoms with Crippen LogP contribution in [0.5, 0.6) is 0 Å². The lowest BCUT2D eigenvalue weighted by atomic mass is 9.98. The first-order valence-electron chi connectivity index (χ1n) is 7.38. The molecule has 0 unspecified atom stereocenters. The number of hydrogen-bond acceptors (Lipinski definition) is 3. The Bertz CT molecular complexity index is 548. The number of carbonyl (C=O) groups is 1. The quantitative estimate of drug-likeness (QED) is 0.633. The second-order valence-corrected chi connectivity index (χ2v) is 6.26. The second-order valence-electron chi connectivity index (χ2n) is 5.92. The van der Waals surface area contributed by atoms with Crippen LogP contribution in [-0.4, -0.2) is 34.9 Å². The van der Waals surface area contributed by atoms with E-state index >= 15 is 0 Å². The molecular formula is C16H22ClN3O. The van der Waals surface area contributed by atoms with E-state index in [1.165, 1.54) is 25.7 Å². The zero-order chi connectivity index (χ0) is 15.4. The molecule has 2 rings (SSSR count). The summed E-state index contributed by atoms with van der Waals surface area (Å²) in [6.45, 7) is 1.82. The number of likely N-dealkylation sites (N-methyl/N-ethyl adjacent to an activating group) is 1. The summed E-state index contributed by atoms with van der Waals surface area (Å²) in [5.74, 6) is 0.671. The Hall–Kier alpha value is -1.42. The lowest BCUT2D eigenvalue weighted by Gasteiger charge is -2.13. The van der Waals surface area contributed by atoms with Gasteiger partial charge < -0.3 is 4.90 Å². The molecule has 1 aromatic rings. The van der Waals surface area contributed by atoms with E-state index in [1.807, 2.05) is 13.0 Å². The summed E-state index contributed by atoms with van der Waals surface area (Å²) in [6.07, 6.45) is 9.59. The van der Waals surface area contributed by atoms with Crippen molar-refractivity contribution < 1.29 is 4.79 Å². The third-order valence-electron chi connectivity index (χ3n) is 3.94. The molecule has 0 saturated heterocycles. The summed E-state index contributed by atoms with van der Waals surface area (Å²) >= 11 is 5.93. The van der Waals surface area contributed by atoms with E-state index < -0.39 is 0 Å². The highest BCUT2D eigenvalue weighted by atomic mass is 35.5. The molecule has 1 aliphatic carbocycles. The lowest BCUT2D eigenvalue weighted by molar-refractivity contribution is -0.124. The monoisotopic (exact) mass is 307 g/mol. The van der Waals surface area contributed by atoms with Crippen molar-refractivity contribution in [1.29, 1.82) is 0 Å². The molecule has 0 aliphatic heterocycles. The Kier molecular flexibility index (Phi) is 5.34. The molecule has 0 atom stereocenters. The summed E-state index contributed by atoms with van der Waals surface area (Å²) in [4.78, 5) is 22.0. The minimum absolute atomic E-state index is 0.00299. The van der Waals surface area contributed by atoms with Crippen LogP contribution < -0.4 is 0 Å². The van der Waals surface area contributed by atoms with E-state index in [2.05, 4.69) is 9.97 Å². The highest BCUT2D eigenvalue weighted by Gasteiger charge is 2.18. The maximum absolute atomic E-state index is 12.0. The minimum Gasteiger partial charge on any atom is -0.345 e. The van der Waals surface area contributed by atoms with Crippen LogP contribution in [0.1, 0.15) is 43.9 Å². The summed E-state index contributed by atoms with van der Waals surface area (Å²) in [7, 11) is 3.49. The van der Waals surface area contributed by atoms with E-state index in [4.69, 9.17) is 11.6 Å². The van der Waals surface area contributed by atoms with Crippen LogP contribution in [0.2, 0.25) is 5.28 Å². The molecule has 1 amide bonds. The normalized spacial score (nSPS) is 16.3. The summed E-state index contributed by atoms with van der Waals surface area (Å²) in [5.41, 5.74) is 2.53. The number of amides is 1. The van der Waals surface area contributed by atoms with Gasteiger partial charge in [-0.05, 0) is 36.9 Å². The Labute approximate surface area is 131 Å². The predicted octanol–water partition coefficient (Wildman–Crippen LogP) is 3.35. The first-order valence-corrected chi connectivity index (χ1v) is 7.76. The van der Waals surface area contributed by atoms with Crippen molar-refractivity contribution in [2.45, 2.75) is 39.0 Å². The van der Waals surface area contributed by atoms with Gasteiger partial charge in [0.15, 0.2) is 0 Å². The molecule has 5 heteroatoms. The van der Waals surface area contributed by atoms with Crippen molar-refractivity contribution in [3.05, 3.63) is 28.3 Å². The molecule has 1 aromatic heterocycles. The molecule has 0 bridgehead atoms. The fourth-order valence-electron chi connectivity index (χ4n) is 2.82. The number of carbonyl (C=O) groups excluding carboxylic acids is 1. The van der Waals surface area contributed by atoms with Crippen LogP contribution in [0.3, 0.4) is 0 Å². The molecule has 1 fully saturated rings. The third-order valence-corrected chi connectivity index (χ3v) is 4.13. The van der Waals surface area contributed by atoms with Crippen molar-refractivity contribution in [3.63, 3.8) is 0 Å². The first-order chi connectivity index (χ1) is 9.97. The number of aromatic nitrogens is 2. The van der Waals surface area contributed by atoms with Crippen LogP contribution in [-0.2, 0) is 11.2 Å². The predicted molar refractivity (Wildman–Crippen MR) is 85.0 cm³/mol. The average molecular weight is 308 g/mol. The maximum atomic E-state index is 12.0. The largest absolute Gasteiger partial charge is 0.345 e. The Morgan fingerprint density at radius 3 is 2.71 bits per heavy atom. The van der Waals surface area contributed by atoms with Gasteiger partial charge >= 0.3 is 0 Å². The van der Waals surface area contributed by atoms with Crippen LogP contribution in [0.4, 0.5) is 0 Å². The van der Waals surface area contributed by atoms with E-state index in [0.29, 0.717) is 11.5 Å². The third kappa shape index (κ3) is 4.27. The lowest BCUT2D eigenvalue weighted by Crippen LogP contribution is -2.22. The van der Waals surface area contributed by atoms with Gasteiger partial charge in [-0.1, -0.05) is 25.7 Å². The average Bonchev–Trinajstić information content (AvgIpc) is 2.93. The molecule has 4 nitrogen and oxygen atoms in total. The van der Waals surface area contributed by atoms with Crippen LogP contribution in [0, 0.1) is 5.92 Å². The molecule has 0 N–H and O–H groups in total. The van der Waals surface area contributed by atoms with Gasteiger partial charge in [0.25, 0.3) is 0 Å². The number of halogens is 1. The van der Waals surface area contributed by atoms with E-state index in [-0.39, 0.29) is 11.2 Å². The van der Waals surface area contributed by atoms with Gasteiger partial charge in [0, 0.05) is 31.4 Å². The second kappa shape index (κ2) is 7.03.